The van der Waals surface area contributed by atoms with Crippen LogP contribution in [-0.4, -0.2) is 7.28 Å². The van der Waals surface area contributed by atoms with Crippen LogP contribution < -0.4 is 5.46 Å². The largest absolute Gasteiger partial charge is 0.207 e. The van der Waals surface area contributed by atoms with Gasteiger partial charge in [-0.05, 0) is 19.1 Å². The van der Waals surface area contributed by atoms with E-state index in [1.54, 1.807) is 6.07 Å². The number of benzene rings is 1. The minimum absolute atomic E-state index is 0.145. The third-order valence-electron chi connectivity index (χ3n) is 2.16. The summed E-state index contributed by atoms with van der Waals surface area (Å²) < 4.78 is 12.8. The Kier molecular flexibility index (Phi) is 4.00. The van der Waals surface area contributed by atoms with Crippen molar-refractivity contribution in [2.45, 2.75) is 33.0 Å². The Labute approximate surface area is 80.4 Å². The van der Waals surface area contributed by atoms with Crippen LogP contribution >= 0.6 is 0 Å². The lowest BCUT2D eigenvalue weighted by atomic mass is 9.64. The van der Waals surface area contributed by atoms with E-state index >= 15 is 0 Å². The highest BCUT2D eigenvalue weighted by atomic mass is 19.1. The standard InChI is InChI=1S/C11H15BF/c1-3-4-7-12-11-8-10(13)6-5-9(11)2/h5-6,8H,3-4,7H2,1-2H3. The van der Waals surface area contributed by atoms with Crippen molar-refractivity contribution in [1.82, 2.24) is 0 Å². The third-order valence-corrected chi connectivity index (χ3v) is 2.16. The molecule has 0 saturated heterocycles. The highest BCUT2D eigenvalue weighted by molar-refractivity contribution is 6.53. The average molecular weight is 177 g/mol. The molecule has 69 valence electrons. The normalized spacial score (nSPS) is 10.1. The number of hydrogen-bond donors (Lipinski definition) is 0. The maximum Gasteiger partial charge on any atom is 0.152 e. The van der Waals surface area contributed by atoms with Gasteiger partial charge in [0, 0.05) is 0 Å². The molecule has 13 heavy (non-hydrogen) atoms. The van der Waals surface area contributed by atoms with Gasteiger partial charge in [0.05, 0.1) is 0 Å². The molecule has 0 aromatic heterocycles. The van der Waals surface area contributed by atoms with Crippen LogP contribution in [0.15, 0.2) is 18.2 Å². The van der Waals surface area contributed by atoms with Crippen molar-refractivity contribution in [3.05, 3.63) is 29.6 Å². The summed E-state index contributed by atoms with van der Waals surface area (Å²) in [5, 5.41) is 0. The average Bonchev–Trinajstić information content (AvgIpc) is 2.11. The SMILES string of the molecule is CCCC[B]c1cc(F)ccc1C. The van der Waals surface area contributed by atoms with E-state index in [0.717, 1.165) is 17.3 Å². The first-order chi connectivity index (χ1) is 6.24. The van der Waals surface area contributed by atoms with Crippen LogP contribution in [0.1, 0.15) is 25.3 Å². The number of unbranched alkanes of at least 4 members (excludes halogenated alkanes) is 1. The van der Waals surface area contributed by atoms with Crippen molar-refractivity contribution in [1.29, 1.82) is 0 Å². The molecule has 0 heterocycles. The van der Waals surface area contributed by atoms with Crippen LogP contribution in [-0.2, 0) is 0 Å². The van der Waals surface area contributed by atoms with Crippen LogP contribution in [0.25, 0.3) is 0 Å². The smallest absolute Gasteiger partial charge is 0.152 e. The highest BCUT2D eigenvalue weighted by Gasteiger charge is 2.00. The first kappa shape index (κ1) is 10.3. The summed E-state index contributed by atoms with van der Waals surface area (Å²) in [5.74, 6) is -0.145. The molecular weight excluding hydrogens is 162 g/mol. The van der Waals surface area contributed by atoms with E-state index in [0.29, 0.717) is 0 Å². The molecule has 1 rings (SSSR count). The van der Waals surface area contributed by atoms with Crippen LogP contribution in [0.3, 0.4) is 0 Å². The zero-order chi connectivity index (χ0) is 9.68. The minimum Gasteiger partial charge on any atom is -0.207 e. The van der Waals surface area contributed by atoms with E-state index in [2.05, 4.69) is 14.2 Å². The lowest BCUT2D eigenvalue weighted by Crippen LogP contribution is -2.17. The predicted molar refractivity (Wildman–Crippen MR) is 56.2 cm³/mol. The van der Waals surface area contributed by atoms with E-state index in [4.69, 9.17) is 0 Å². The van der Waals surface area contributed by atoms with E-state index < -0.39 is 0 Å². The summed E-state index contributed by atoms with van der Waals surface area (Å²) in [7, 11) is 2.11. The van der Waals surface area contributed by atoms with Crippen LogP contribution in [0.2, 0.25) is 6.32 Å². The molecule has 0 N–H and O–H groups in total. The van der Waals surface area contributed by atoms with Gasteiger partial charge in [-0.3, -0.25) is 0 Å². The Balaban J connectivity index is 2.59. The Morgan fingerprint density at radius 1 is 1.38 bits per heavy atom. The van der Waals surface area contributed by atoms with Gasteiger partial charge in [0.1, 0.15) is 5.82 Å². The molecule has 0 spiro atoms. The molecule has 0 unspecified atom stereocenters. The maximum absolute atomic E-state index is 12.8. The van der Waals surface area contributed by atoms with Gasteiger partial charge in [-0.1, -0.05) is 43.2 Å². The van der Waals surface area contributed by atoms with Gasteiger partial charge >= 0.3 is 0 Å². The van der Waals surface area contributed by atoms with Gasteiger partial charge in [-0.15, -0.1) is 0 Å². The van der Waals surface area contributed by atoms with Gasteiger partial charge in [-0.2, -0.15) is 0 Å². The molecule has 2 heteroatoms. The molecular formula is C11H15BF. The molecule has 1 aromatic carbocycles. The minimum atomic E-state index is -0.145. The fourth-order valence-corrected chi connectivity index (χ4v) is 1.29. The molecule has 0 aliphatic rings. The van der Waals surface area contributed by atoms with Crippen LogP contribution in [0, 0.1) is 12.7 Å². The number of rotatable bonds is 4. The topological polar surface area (TPSA) is 0 Å². The first-order valence-electron chi connectivity index (χ1n) is 4.83. The summed E-state index contributed by atoms with van der Waals surface area (Å²) in [4.78, 5) is 0. The van der Waals surface area contributed by atoms with Gasteiger partial charge in [0.15, 0.2) is 7.28 Å². The summed E-state index contributed by atoms with van der Waals surface area (Å²) >= 11 is 0. The first-order valence-corrected chi connectivity index (χ1v) is 4.83. The van der Waals surface area contributed by atoms with Crippen molar-refractivity contribution in [3.63, 3.8) is 0 Å². The van der Waals surface area contributed by atoms with E-state index in [9.17, 15) is 4.39 Å². The Morgan fingerprint density at radius 3 is 2.85 bits per heavy atom. The second-order valence-corrected chi connectivity index (χ2v) is 3.35. The van der Waals surface area contributed by atoms with E-state index in [-0.39, 0.29) is 5.82 Å². The Bertz CT molecular complexity index is 271. The van der Waals surface area contributed by atoms with Crippen molar-refractivity contribution in [2.75, 3.05) is 0 Å². The van der Waals surface area contributed by atoms with Crippen molar-refractivity contribution in [3.8, 4) is 0 Å². The highest BCUT2D eigenvalue weighted by Crippen LogP contribution is 2.00. The van der Waals surface area contributed by atoms with Gasteiger partial charge in [0.2, 0.25) is 0 Å². The monoisotopic (exact) mass is 177 g/mol. The second-order valence-electron chi connectivity index (χ2n) is 3.35. The summed E-state index contributed by atoms with van der Waals surface area (Å²) in [6.07, 6.45) is 3.40. The summed E-state index contributed by atoms with van der Waals surface area (Å²) in [6.45, 7) is 4.17. The zero-order valence-electron chi connectivity index (χ0n) is 8.31. The molecule has 0 aliphatic heterocycles. The number of hydrogen-bond acceptors (Lipinski definition) is 0. The molecule has 0 bridgehead atoms. The summed E-state index contributed by atoms with van der Waals surface area (Å²) in [6, 6.07) is 4.94. The Morgan fingerprint density at radius 2 is 2.15 bits per heavy atom. The van der Waals surface area contributed by atoms with Gasteiger partial charge in [-0.25, -0.2) is 4.39 Å². The molecule has 0 nitrogen and oxygen atoms in total. The molecule has 0 fully saturated rings. The fourth-order valence-electron chi connectivity index (χ4n) is 1.29. The maximum atomic E-state index is 12.8. The molecule has 0 amide bonds. The molecule has 0 aliphatic carbocycles. The second kappa shape index (κ2) is 5.06. The van der Waals surface area contributed by atoms with Gasteiger partial charge in [0.25, 0.3) is 0 Å². The van der Waals surface area contributed by atoms with Crippen molar-refractivity contribution >= 4 is 12.7 Å². The zero-order valence-corrected chi connectivity index (χ0v) is 8.31. The van der Waals surface area contributed by atoms with Crippen molar-refractivity contribution in [2.24, 2.45) is 0 Å². The predicted octanol–water partition coefficient (Wildman–Crippen LogP) is 2.68. The van der Waals surface area contributed by atoms with Crippen LogP contribution in [0.4, 0.5) is 4.39 Å². The lowest BCUT2D eigenvalue weighted by Gasteiger charge is -2.03. The summed E-state index contributed by atoms with van der Waals surface area (Å²) in [5.41, 5.74) is 2.19. The molecule has 0 atom stereocenters. The van der Waals surface area contributed by atoms with E-state index in [1.807, 2.05) is 13.0 Å². The lowest BCUT2D eigenvalue weighted by molar-refractivity contribution is 0.628. The number of halogens is 1. The van der Waals surface area contributed by atoms with E-state index in [1.165, 1.54) is 18.9 Å². The van der Waals surface area contributed by atoms with Crippen LogP contribution in [0.5, 0.6) is 0 Å². The Hall–Kier alpha value is -0.785. The third kappa shape index (κ3) is 3.21. The fraction of sp³-hybridized carbons (Fsp3) is 0.455. The quantitative estimate of drug-likeness (QED) is 0.489. The number of aryl methyl sites for hydroxylation is 1. The molecule has 1 radical (unpaired) electrons. The molecule has 1 aromatic rings. The van der Waals surface area contributed by atoms with Crippen molar-refractivity contribution < 1.29 is 4.39 Å². The molecule has 0 saturated carbocycles. The van der Waals surface area contributed by atoms with Gasteiger partial charge < -0.3 is 0 Å².